The SMILES string of the molecule is COC(=O)c1nc(-c2cccc(-c3cc(C4(O)CCN(C)C4=O)on3)c2)sc1CC(C)C. The van der Waals surface area contributed by atoms with E-state index in [1.807, 2.05) is 24.3 Å². The number of carbonyl (C=O) groups is 2. The lowest BCUT2D eigenvalue weighted by Gasteiger charge is -2.16. The number of amides is 1. The molecule has 2 aromatic heterocycles. The summed E-state index contributed by atoms with van der Waals surface area (Å²) >= 11 is 1.47. The number of rotatable bonds is 6. The van der Waals surface area contributed by atoms with Crippen LogP contribution in [0.15, 0.2) is 34.9 Å². The van der Waals surface area contributed by atoms with Crippen molar-refractivity contribution >= 4 is 23.2 Å². The maximum absolute atomic E-state index is 12.3. The van der Waals surface area contributed by atoms with Crippen LogP contribution in [0.5, 0.6) is 0 Å². The Hall–Kier alpha value is -3.04. The van der Waals surface area contributed by atoms with Gasteiger partial charge in [-0.05, 0) is 18.4 Å². The first kappa shape index (κ1) is 22.2. The highest BCUT2D eigenvalue weighted by Gasteiger charge is 2.48. The number of thiazole rings is 1. The molecule has 1 amide bonds. The second-order valence-electron chi connectivity index (χ2n) is 8.37. The summed E-state index contributed by atoms with van der Waals surface area (Å²) in [5, 5.41) is 15.6. The van der Waals surface area contributed by atoms with Gasteiger partial charge < -0.3 is 19.3 Å². The van der Waals surface area contributed by atoms with Crippen LogP contribution < -0.4 is 0 Å². The molecular weight excluding hydrogens is 430 g/mol. The maximum atomic E-state index is 12.3. The molecule has 1 aliphatic rings. The molecule has 3 heterocycles. The third-order valence-electron chi connectivity index (χ3n) is 5.50. The van der Waals surface area contributed by atoms with E-state index in [1.165, 1.54) is 23.3 Å². The number of methoxy groups -OCH3 is 1. The number of likely N-dealkylation sites (tertiary alicyclic amines) is 1. The molecule has 1 N–H and O–H groups in total. The molecule has 1 unspecified atom stereocenters. The van der Waals surface area contributed by atoms with Gasteiger partial charge in [0.1, 0.15) is 10.7 Å². The van der Waals surface area contributed by atoms with Crippen LogP contribution >= 0.6 is 11.3 Å². The van der Waals surface area contributed by atoms with Crippen LogP contribution in [-0.4, -0.2) is 52.7 Å². The Bertz CT molecular complexity index is 1170. The van der Waals surface area contributed by atoms with Crippen molar-refractivity contribution in [1.29, 1.82) is 0 Å². The Labute approximate surface area is 189 Å². The number of esters is 1. The van der Waals surface area contributed by atoms with Gasteiger partial charge >= 0.3 is 5.97 Å². The van der Waals surface area contributed by atoms with E-state index in [2.05, 4.69) is 24.0 Å². The van der Waals surface area contributed by atoms with E-state index in [0.29, 0.717) is 28.9 Å². The molecule has 32 heavy (non-hydrogen) atoms. The number of benzene rings is 1. The predicted molar refractivity (Wildman–Crippen MR) is 119 cm³/mol. The zero-order valence-electron chi connectivity index (χ0n) is 18.4. The van der Waals surface area contributed by atoms with Crippen LogP contribution in [0.25, 0.3) is 21.8 Å². The van der Waals surface area contributed by atoms with Crippen LogP contribution in [0.4, 0.5) is 0 Å². The smallest absolute Gasteiger partial charge is 0.357 e. The van der Waals surface area contributed by atoms with Crippen molar-refractivity contribution in [2.24, 2.45) is 5.92 Å². The first-order valence-corrected chi connectivity index (χ1v) is 11.2. The lowest BCUT2D eigenvalue weighted by atomic mass is 9.98. The number of ether oxygens (including phenoxy) is 1. The number of likely N-dealkylation sites (N-methyl/N-ethyl adjacent to an activating group) is 1. The highest BCUT2D eigenvalue weighted by atomic mass is 32.1. The Morgan fingerprint density at radius 1 is 1.34 bits per heavy atom. The molecule has 0 radical (unpaired) electrons. The summed E-state index contributed by atoms with van der Waals surface area (Å²) in [7, 11) is 3.00. The van der Waals surface area contributed by atoms with Gasteiger partial charge in [-0.1, -0.05) is 37.2 Å². The van der Waals surface area contributed by atoms with Gasteiger partial charge in [-0.25, -0.2) is 9.78 Å². The average Bonchev–Trinajstić information content (AvgIpc) is 3.49. The first-order valence-electron chi connectivity index (χ1n) is 10.4. The number of aromatic nitrogens is 2. The van der Waals surface area contributed by atoms with E-state index in [-0.39, 0.29) is 12.2 Å². The van der Waals surface area contributed by atoms with Crippen molar-refractivity contribution < 1.29 is 24.0 Å². The predicted octanol–water partition coefficient (Wildman–Crippen LogP) is 3.50. The molecule has 0 spiro atoms. The molecule has 0 saturated carbocycles. The molecule has 3 aromatic rings. The summed E-state index contributed by atoms with van der Waals surface area (Å²) in [6, 6.07) is 9.13. The summed E-state index contributed by atoms with van der Waals surface area (Å²) in [4.78, 5) is 31.5. The van der Waals surface area contributed by atoms with Crippen molar-refractivity contribution in [2.75, 3.05) is 20.7 Å². The van der Waals surface area contributed by atoms with E-state index >= 15 is 0 Å². The quantitative estimate of drug-likeness (QED) is 0.567. The van der Waals surface area contributed by atoms with Gasteiger partial charge in [0.2, 0.25) is 5.60 Å². The summed E-state index contributed by atoms with van der Waals surface area (Å²) in [5.41, 5.74) is 0.743. The Morgan fingerprint density at radius 2 is 2.09 bits per heavy atom. The summed E-state index contributed by atoms with van der Waals surface area (Å²) in [6.45, 7) is 4.63. The topological polar surface area (TPSA) is 106 Å². The summed E-state index contributed by atoms with van der Waals surface area (Å²) in [6.07, 6.45) is 0.987. The Kier molecular flexibility index (Phi) is 5.87. The van der Waals surface area contributed by atoms with Crippen molar-refractivity contribution in [1.82, 2.24) is 15.0 Å². The monoisotopic (exact) mass is 455 g/mol. The zero-order valence-corrected chi connectivity index (χ0v) is 19.2. The van der Waals surface area contributed by atoms with Gasteiger partial charge in [-0.3, -0.25) is 4.79 Å². The minimum Gasteiger partial charge on any atom is -0.464 e. The second kappa shape index (κ2) is 8.48. The lowest BCUT2D eigenvalue weighted by Crippen LogP contribution is -2.35. The highest BCUT2D eigenvalue weighted by molar-refractivity contribution is 7.15. The number of carbonyl (C=O) groups excluding carboxylic acids is 2. The van der Waals surface area contributed by atoms with Crippen molar-refractivity contribution in [3.05, 3.63) is 46.7 Å². The second-order valence-corrected chi connectivity index (χ2v) is 9.46. The van der Waals surface area contributed by atoms with E-state index < -0.39 is 17.5 Å². The molecule has 4 rings (SSSR count). The van der Waals surface area contributed by atoms with Crippen molar-refractivity contribution in [2.45, 2.75) is 32.3 Å². The van der Waals surface area contributed by atoms with Crippen molar-refractivity contribution in [3.63, 3.8) is 0 Å². The average molecular weight is 456 g/mol. The number of hydrogen-bond acceptors (Lipinski definition) is 8. The van der Waals surface area contributed by atoms with Crippen molar-refractivity contribution in [3.8, 4) is 21.8 Å². The van der Waals surface area contributed by atoms with Crippen LogP contribution in [-0.2, 0) is 21.6 Å². The van der Waals surface area contributed by atoms with Gasteiger partial charge in [0.25, 0.3) is 5.91 Å². The number of hydrogen-bond donors (Lipinski definition) is 1. The minimum atomic E-state index is -1.69. The van der Waals surface area contributed by atoms with E-state index in [1.54, 1.807) is 13.1 Å². The zero-order chi connectivity index (χ0) is 23.0. The van der Waals surface area contributed by atoms with Gasteiger partial charge in [-0.2, -0.15) is 0 Å². The minimum absolute atomic E-state index is 0.133. The van der Waals surface area contributed by atoms with Gasteiger partial charge in [0.05, 0.1) is 7.11 Å². The standard InChI is InChI=1S/C23H25N3O5S/c1-13(2)10-17-19(21(27)30-4)24-20(32-17)15-7-5-6-14(11-15)16-12-18(31-25-16)23(29)8-9-26(3)22(23)28/h5-7,11-13,29H,8-10H2,1-4H3. The molecule has 0 aliphatic carbocycles. The fraction of sp³-hybridized carbons (Fsp3) is 0.391. The largest absolute Gasteiger partial charge is 0.464 e. The molecule has 8 nitrogen and oxygen atoms in total. The lowest BCUT2D eigenvalue weighted by molar-refractivity contribution is -0.144. The fourth-order valence-electron chi connectivity index (χ4n) is 3.74. The van der Waals surface area contributed by atoms with E-state index in [0.717, 1.165) is 22.4 Å². The third kappa shape index (κ3) is 3.93. The van der Waals surface area contributed by atoms with E-state index in [4.69, 9.17) is 9.26 Å². The van der Waals surface area contributed by atoms with Crippen LogP contribution in [0.2, 0.25) is 0 Å². The fourth-order valence-corrected chi connectivity index (χ4v) is 5.00. The molecule has 168 valence electrons. The molecule has 1 atom stereocenters. The Morgan fingerprint density at radius 3 is 2.75 bits per heavy atom. The summed E-state index contributed by atoms with van der Waals surface area (Å²) in [5.74, 6) is -0.340. The molecule has 1 fully saturated rings. The normalized spacial score (nSPS) is 18.6. The highest BCUT2D eigenvalue weighted by Crippen LogP contribution is 2.36. The first-order chi connectivity index (χ1) is 15.2. The molecule has 9 heteroatoms. The summed E-state index contributed by atoms with van der Waals surface area (Å²) < 4.78 is 10.3. The number of aliphatic hydroxyl groups is 1. The van der Waals surface area contributed by atoms with Crippen LogP contribution in [0.3, 0.4) is 0 Å². The molecule has 1 saturated heterocycles. The number of nitrogens with zero attached hydrogens (tertiary/aromatic N) is 3. The Balaban J connectivity index is 1.67. The van der Waals surface area contributed by atoms with Gasteiger partial charge in [0, 0.05) is 42.1 Å². The molecule has 1 aromatic carbocycles. The maximum Gasteiger partial charge on any atom is 0.357 e. The van der Waals surface area contributed by atoms with Crippen LogP contribution in [0, 0.1) is 5.92 Å². The van der Waals surface area contributed by atoms with E-state index in [9.17, 15) is 14.7 Å². The van der Waals surface area contributed by atoms with Gasteiger partial charge in [-0.15, -0.1) is 11.3 Å². The van der Waals surface area contributed by atoms with Gasteiger partial charge in [0.15, 0.2) is 11.5 Å². The molecule has 1 aliphatic heterocycles. The third-order valence-corrected chi connectivity index (χ3v) is 6.63. The molecular formula is C23H25N3O5S. The van der Waals surface area contributed by atoms with Crippen LogP contribution in [0.1, 0.15) is 41.4 Å². The molecule has 0 bridgehead atoms.